The first-order valence-electron chi connectivity index (χ1n) is 11.5. The van der Waals surface area contributed by atoms with E-state index in [1.165, 1.54) is 18.7 Å². The number of sulfonamides is 1. The molecule has 2 bridgehead atoms. The van der Waals surface area contributed by atoms with Crippen LogP contribution in [0.1, 0.15) is 38.7 Å². The SMILES string of the molecule is CC(C)C1[C@@H]2CC[C@@]1(CSN1CCN(c3ccc(C(F)(F)F)cn3)CC1)C(NS(C)(=O)=O)C2. The Balaban J connectivity index is 1.37. The molecule has 4 atom stereocenters. The molecule has 3 fully saturated rings. The van der Waals surface area contributed by atoms with E-state index in [1.807, 2.05) is 4.90 Å². The van der Waals surface area contributed by atoms with Gasteiger partial charge >= 0.3 is 6.18 Å². The lowest BCUT2D eigenvalue weighted by molar-refractivity contribution is -0.137. The molecule has 1 aromatic rings. The summed E-state index contributed by atoms with van der Waals surface area (Å²) in [6.07, 6.45) is 0.905. The van der Waals surface area contributed by atoms with Crippen LogP contribution in [0.5, 0.6) is 0 Å². The lowest BCUT2D eigenvalue weighted by atomic mass is 9.73. The molecule has 11 heteroatoms. The Labute approximate surface area is 198 Å². The first kappa shape index (κ1) is 25.1. The number of aromatic nitrogens is 1. The highest BCUT2D eigenvalue weighted by Gasteiger charge is 2.60. The Morgan fingerprint density at radius 1 is 1.24 bits per heavy atom. The van der Waals surface area contributed by atoms with Gasteiger partial charge in [-0.1, -0.05) is 25.8 Å². The largest absolute Gasteiger partial charge is 0.417 e. The van der Waals surface area contributed by atoms with Crippen molar-refractivity contribution in [1.29, 1.82) is 0 Å². The standard InChI is InChI=1S/C22H33F3N4O2S2/c1-15(2)20-16-6-7-21(20,18(12-16)27-33(3,30)31)14-32-29-10-8-28(9-11-29)19-5-4-17(13-26-19)22(23,24)25/h4-5,13,15-16,18,20,27H,6-12,14H2,1-3H3/t16-,18?,20?,21-/m1/s1. The molecule has 1 saturated heterocycles. The smallest absolute Gasteiger partial charge is 0.354 e. The summed E-state index contributed by atoms with van der Waals surface area (Å²) in [5, 5.41) is 0. The minimum atomic E-state index is -4.38. The Hall–Kier alpha value is -1.04. The maximum absolute atomic E-state index is 12.8. The van der Waals surface area contributed by atoms with Crippen LogP contribution in [-0.4, -0.2) is 61.9 Å². The van der Waals surface area contributed by atoms with E-state index in [4.69, 9.17) is 0 Å². The third-order valence-corrected chi connectivity index (χ3v) is 9.72. The Morgan fingerprint density at radius 2 is 1.94 bits per heavy atom. The summed E-state index contributed by atoms with van der Waals surface area (Å²) >= 11 is 1.80. The van der Waals surface area contributed by atoms with Crippen molar-refractivity contribution < 1.29 is 21.6 Å². The van der Waals surface area contributed by atoms with Crippen molar-refractivity contribution in [2.45, 2.75) is 45.3 Å². The Morgan fingerprint density at radius 3 is 2.48 bits per heavy atom. The van der Waals surface area contributed by atoms with Gasteiger partial charge in [0.1, 0.15) is 5.82 Å². The molecule has 0 amide bonds. The molecule has 2 unspecified atom stereocenters. The van der Waals surface area contributed by atoms with Crippen molar-refractivity contribution >= 4 is 27.8 Å². The van der Waals surface area contributed by atoms with E-state index in [2.05, 4.69) is 27.9 Å². The molecule has 2 heterocycles. The monoisotopic (exact) mass is 506 g/mol. The minimum absolute atomic E-state index is 0.0104. The van der Waals surface area contributed by atoms with Gasteiger partial charge in [-0.2, -0.15) is 13.2 Å². The van der Waals surface area contributed by atoms with Crippen LogP contribution in [0.25, 0.3) is 0 Å². The van der Waals surface area contributed by atoms with Gasteiger partial charge in [-0.25, -0.2) is 22.4 Å². The zero-order chi connectivity index (χ0) is 24.0. The first-order chi connectivity index (χ1) is 15.4. The lowest BCUT2D eigenvalue weighted by Crippen LogP contribution is -2.50. The molecule has 0 spiro atoms. The van der Waals surface area contributed by atoms with Gasteiger partial charge in [-0.15, -0.1) is 0 Å². The van der Waals surface area contributed by atoms with E-state index >= 15 is 0 Å². The number of hydrogen-bond acceptors (Lipinski definition) is 6. The fourth-order valence-corrected chi connectivity index (χ4v) is 8.61. The number of hydrogen-bond donors (Lipinski definition) is 1. The summed E-state index contributed by atoms with van der Waals surface area (Å²) < 4.78 is 67.7. The second-order valence-electron chi connectivity index (χ2n) is 10.1. The number of anilines is 1. The zero-order valence-corrected chi connectivity index (χ0v) is 20.9. The minimum Gasteiger partial charge on any atom is -0.354 e. The number of nitrogens with one attached hydrogen (secondary N) is 1. The third kappa shape index (κ3) is 5.31. The molecule has 6 nitrogen and oxygen atoms in total. The number of nitrogens with zero attached hydrogens (tertiary/aromatic N) is 3. The van der Waals surface area contributed by atoms with E-state index in [9.17, 15) is 21.6 Å². The number of piperazine rings is 1. The van der Waals surface area contributed by atoms with E-state index < -0.39 is 21.8 Å². The number of rotatable bonds is 7. The molecule has 1 aromatic heterocycles. The quantitative estimate of drug-likeness (QED) is 0.567. The molecule has 186 valence electrons. The number of halogens is 3. The fraction of sp³-hybridized carbons (Fsp3) is 0.773. The summed E-state index contributed by atoms with van der Waals surface area (Å²) in [7, 11) is -3.27. The van der Waals surface area contributed by atoms with Crippen molar-refractivity contribution in [2.75, 3.05) is 43.1 Å². The molecule has 3 aliphatic rings. The first-order valence-corrected chi connectivity index (χ1v) is 14.4. The van der Waals surface area contributed by atoms with Gasteiger partial charge in [0.15, 0.2) is 0 Å². The topological polar surface area (TPSA) is 65.5 Å². The molecular weight excluding hydrogens is 473 g/mol. The molecule has 1 aliphatic heterocycles. The van der Waals surface area contributed by atoms with Crippen LogP contribution < -0.4 is 9.62 Å². The van der Waals surface area contributed by atoms with Gasteiger partial charge < -0.3 is 4.90 Å². The maximum atomic E-state index is 12.8. The third-order valence-electron chi connectivity index (χ3n) is 7.61. The number of fused-ring (bicyclic) bond motifs is 2. The summed E-state index contributed by atoms with van der Waals surface area (Å²) in [5.74, 6) is 3.05. The van der Waals surface area contributed by atoms with E-state index in [1.54, 1.807) is 11.9 Å². The normalized spacial score (nSPS) is 31.0. The fourth-order valence-electron chi connectivity index (χ4n) is 6.38. The molecule has 4 rings (SSSR count). The molecule has 0 radical (unpaired) electrons. The predicted octanol–water partition coefficient (Wildman–Crippen LogP) is 3.86. The van der Waals surface area contributed by atoms with Crippen LogP contribution in [-0.2, 0) is 16.2 Å². The molecule has 1 N–H and O–H groups in total. The highest BCUT2D eigenvalue weighted by molar-refractivity contribution is 7.97. The zero-order valence-electron chi connectivity index (χ0n) is 19.3. The average Bonchev–Trinajstić information content (AvgIpc) is 3.24. The van der Waals surface area contributed by atoms with Gasteiger partial charge in [-0.05, 0) is 49.1 Å². The second-order valence-corrected chi connectivity index (χ2v) is 12.9. The van der Waals surface area contributed by atoms with Crippen LogP contribution >= 0.6 is 11.9 Å². The lowest BCUT2D eigenvalue weighted by Gasteiger charge is -2.42. The van der Waals surface area contributed by atoms with Crippen molar-refractivity contribution in [3.63, 3.8) is 0 Å². The van der Waals surface area contributed by atoms with Gasteiger partial charge in [0.25, 0.3) is 0 Å². The summed E-state index contributed by atoms with van der Waals surface area (Å²) in [5.41, 5.74) is -0.762. The highest BCUT2D eigenvalue weighted by atomic mass is 32.2. The van der Waals surface area contributed by atoms with Gasteiger partial charge in [0, 0.05) is 49.6 Å². The summed E-state index contributed by atoms with van der Waals surface area (Å²) in [6, 6.07) is 2.51. The highest BCUT2D eigenvalue weighted by Crippen LogP contribution is 2.62. The van der Waals surface area contributed by atoms with Crippen LogP contribution in [0.4, 0.5) is 19.0 Å². The van der Waals surface area contributed by atoms with Crippen LogP contribution in [0, 0.1) is 23.2 Å². The molecule has 33 heavy (non-hydrogen) atoms. The van der Waals surface area contributed by atoms with Gasteiger partial charge in [0.2, 0.25) is 10.0 Å². The van der Waals surface area contributed by atoms with Crippen LogP contribution in [0.2, 0.25) is 0 Å². The predicted molar refractivity (Wildman–Crippen MR) is 125 cm³/mol. The second kappa shape index (κ2) is 9.20. The molecule has 0 aromatic carbocycles. The average molecular weight is 507 g/mol. The molecule has 2 aliphatic carbocycles. The van der Waals surface area contributed by atoms with Gasteiger partial charge in [0.05, 0.1) is 11.8 Å². The van der Waals surface area contributed by atoms with E-state index in [0.29, 0.717) is 36.7 Å². The summed E-state index contributed by atoms with van der Waals surface area (Å²) in [4.78, 5) is 6.04. The number of alkyl halides is 3. The Bertz CT molecular complexity index is 934. The van der Waals surface area contributed by atoms with E-state index in [0.717, 1.165) is 43.9 Å². The van der Waals surface area contributed by atoms with E-state index in [-0.39, 0.29) is 11.5 Å². The summed E-state index contributed by atoms with van der Waals surface area (Å²) in [6.45, 7) is 7.45. The van der Waals surface area contributed by atoms with Crippen LogP contribution in [0.3, 0.4) is 0 Å². The van der Waals surface area contributed by atoms with Crippen molar-refractivity contribution in [3.05, 3.63) is 23.9 Å². The molecule has 2 saturated carbocycles. The van der Waals surface area contributed by atoms with Crippen molar-refractivity contribution in [2.24, 2.45) is 23.2 Å². The van der Waals surface area contributed by atoms with Crippen molar-refractivity contribution in [1.82, 2.24) is 14.0 Å². The van der Waals surface area contributed by atoms with Crippen LogP contribution in [0.15, 0.2) is 18.3 Å². The van der Waals surface area contributed by atoms with Gasteiger partial charge in [-0.3, -0.25) is 0 Å². The number of pyridine rings is 1. The molecular formula is C22H33F3N4O2S2. The van der Waals surface area contributed by atoms with Crippen molar-refractivity contribution in [3.8, 4) is 0 Å². The Kier molecular flexibility index (Phi) is 6.99. The maximum Gasteiger partial charge on any atom is 0.417 e.